The topological polar surface area (TPSA) is 121 Å². The predicted molar refractivity (Wildman–Crippen MR) is 114 cm³/mol. The molecule has 0 N–H and O–H groups in total. The molecule has 0 unspecified atom stereocenters. The van der Waals surface area contributed by atoms with E-state index in [1.807, 2.05) is 0 Å². The summed E-state index contributed by atoms with van der Waals surface area (Å²) in [5, 5.41) is 3.92. The van der Waals surface area contributed by atoms with E-state index < -0.39 is 16.0 Å². The van der Waals surface area contributed by atoms with Gasteiger partial charge in [0.2, 0.25) is 15.8 Å². The molecule has 2 heterocycles. The standard InChI is InChI=1S/C21H21N3O7S/c1-28-15-5-6-16(18(11-15)29-2)20-22-19(31-23-20)12-30-21(25)14-4-7-17-13(10-14)8-9-24(17)32(3,26)27/h4-7,10-11H,8-9,12H2,1-3H3. The predicted octanol–water partition coefficient (Wildman–Crippen LogP) is 2.43. The lowest BCUT2D eigenvalue weighted by Gasteiger charge is -2.16. The van der Waals surface area contributed by atoms with E-state index in [4.69, 9.17) is 18.7 Å². The number of anilines is 1. The molecule has 0 radical (unpaired) electrons. The number of benzene rings is 2. The van der Waals surface area contributed by atoms with Crippen molar-refractivity contribution >= 4 is 21.7 Å². The zero-order chi connectivity index (χ0) is 22.9. The Labute approximate surface area is 184 Å². The van der Waals surface area contributed by atoms with Crippen molar-refractivity contribution in [3.05, 3.63) is 53.4 Å². The summed E-state index contributed by atoms with van der Waals surface area (Å²) in [6, 6.07) is 9.97. The fourth-order valence-electron chi connectivity index (χ4n) is 3.46. The number of methoxy groups -OCH3 is 2. The van der Waals surface area contributed by atoms with Crippen LogP contribution in [0.1, 0.15) is 21.8 Å². The Bertz CT molecular complexity index is 1270. The molecule has 0 aliphatic carbocycles. The third kappa shape index (κ3) is 4.24. The lowest BCUT2D eigenvalue weighted by atomic mass is 10.1. The molecule has 0 bridgehead atoms. The number of carbonyl (C=O) groups excluding carboxylic acids is 1. The molecule has 2 aromatic carbocycles. The molecule has 0 amide bonds. The van der Waals surface area contributed by atoms with Crippen LogP contribution in [0.5, 0.6) is 11.5 Å². The Morgan fingerprint density at radius 2 is 1.97 bits per heavy atom. The molecule has 1 aromatic heterocycles. The summed E-state index contributed by atoms with van der Waals surface area (Å²) in [6.45, 7) is 0.142. The van der Waals surface area contributed by atoms with E-state index in [0.717, 1.165) is 11.8 Å². The summed E-state index contributed by atoms with van der Waals surface area (Å²) in [5.41, 5.74) is 2.27. The van der Waals surface area contributed by atoms with E-state index >= 15 is 0 Å². The maximum absolute atomic E-state index is 12.5. The smallest absolute Gasteiger partial charge is 0.338 e. The van der Waals surface area contributed by atoms with Crippen molar-refractivity contribution in [2.75, 3.05) is 31.3 Å². The van der Waals surface area contributed by atoms with E-state index in [9.17, 15) is 13.2 Å². The van der Waals surface area contributed by atoms with Gasteiger partial charge in [-0.05, 0) is 42.3 Å². The summed E-state index contributed by atoms with van der Waals surface area (Å²) >= 11 is 0. The molecule has 0 saturated carbocycles. The number of nitrogens with zero attached hydrogens (tertiary/aromatic N) is 3. The van der Waals surface area contributed by atoms with Crippen molar-refractivity contribution in [3.63, 3.8) is 0 Å². The second-order valence-electron chi connectivity index (χ2n) is 7.08. The van der Waals surface area contributed by atoms with Crippen molar-refractivity contribution in [2.24, 2.45) is 0 Å². The van der Waals surface area contributed by atoms with Gasteiger partial charge in [-0.1, -0.05) is 5.16 Å². The van der Waals surface area contributed by atoms with Crippen molar-refractivity contribution in [1.82, 2.24) is 10.1 Å². The number of hydrogen-bond donors (Lipinski definition) is 0. The largest absolute Gasteiger partial charge is 0.497 e. The fourth-order valence-corrected chi connectivity index (χ4v) is 4.42. The summed E-state index contributed by atoms with van der Waals surface area (Å²) in [7, 11) is -0.277. The van der Waals surface area contributed by atoms with Crippen LogP contribution in [-0.2, 0) is 27.8 Å². The van der Waals surface area contributed by atoms with Crippen LogP contribution in [0.15, 0.2) is 40.9 Å². The Morgan fingerprint density at radius 1 is 1.16 bits per heavy atom. The number of esters is 1. The van der Waals surface area contributed by atoms with E-state index in [-0.39, 0.29) is 18.3 Å². The van der Waals surface area contributed by atoms with E-state index in [2.05, 4.69) is 10.1 Å². The van der Waals surface area contributed by atoms with Gasteiger partial charge in [-0.15, -0.1) is 0 Å². The minimum atomic E-state index is -3.35. The van der Waals surface area contributed by atoms with Gasteiger partial charge < -0.3 is 18.7 Å². The first-order valence-corrected chi connectivity index (χ1v) is 11.5. The Morgan fingerprint density at radius 3 is 2.69 bits per heavy atom. The van der Waals surface area contributed by atoms with Gasteiger partial charge in [-0.25, -0.2) is 13.2 Å². The minimum Gasteiger partial charge on any atom is -0.497 e. The second-order valence-corrected chi connectivity index (χ2v) is 8.99. The quantitative estimate of drug-likeness (QED) is 0.490. The third-order valence-electron chi connectivity index (χ3n) is 5.01. The van der Waals surface area contributed by atoms with Gasteiger partial charge in [0, 0.05) is 12.6 Å². The van der Waals surface area contributed by atoms with Crippen LogP contribution >= 0.6 is 0 Å². The molecule has 168 valence electrons. The Hall–Kier alpha value is -3.60. The van der Waals surface area contributed by atoms with Gasteiger partial charge in [0.1, 0.15) is 11.5 Å². The monoisotopic (exact) mass is 459 g/mol. The maximum atomic E-state index is 12.5. The highest BCUT2D eigenvalue weighted by molar-refractivity contribution is 7.92. The van der Waals surface area contributed by atoms with Crippen molar-refractivity contribution < 1.29 is 31.9 Å². The lowest BCUT2D eigenvalue weighted by molar-refractivity contribution is 0.0429. The molecule has 0 atom stereocenters. The van der Waals surface area contributed by atoms with Gasteiger partial charge in [-0.3, -0.25) is 4.31 Å². The van der Waals surface area contributed by atoms with Gasteiger partial charge in [-0.2, -0.15) is 4.98 Å². The Balaban J connectivity index is 1.44. The third-order valence-corrected chi connectivity index (χ3v) is 6.19. The number of fused-ring (bicyclic) bond motifs is 1. The van der Waals surface area contributed by atoms with Crippen molar-refractivity contribution in [2.45, 2.75) is 13.0 Å². The number of sulfonamides is 1. The van der Waals surface area contributed by atoms with Crippen LogP contribution in [0.2, 0.25) is 0 Å². The molecule has 3 aromatic rings. The van der Waals surface area contributed by atoms with Crippen molar-refractivity contribution in [1.29, 1.82) is 0 Å². The molecule has 4 rings (SSSR count). The van der Waals surface area contributed by atoms with Crippen LogP contribution < -0.4 is 13.8 Å². The molecule has 1 aliphatic heterocycles. The first-order valence-electron chi connectivity index (χ1n) is 9.63. The summed E-state index contributed by atoms with van der Waals surface area (Å²) in [4.78, 5) is 16.7. The molecule has 0 fully saturated rings. The number of aromatic nitrogens is 2. The zero-order valence-corrected chi connectivity index (χ0v) is 18.5. The Kier molecular flexibility index (Phi) is 5.74. The number of rotatable bonds is 7. The summed E-state index contributed by atoms with van der Waals surface area (Å²) in [6.07, 6.45) is 1.69. The minimum absolute atomic E-state index is 0.121. The summed E-state index contributed by atoms with van der Waals surface area (Å²) in [5.74, 6) is 0.962. The molecular weight excluding hydrogens is 438 g/mol. The van der Waals surface area contributed by atoms with E-state index in [1.54, 1.807) is 37.4 Å². The summed E-state index contributed by atoms with van der Waals surface area (Å²) < 4.78 is 46.0. The highest BCUT2D eigenvalue weighted by Gasteiger charge is 2.27. The lowest BCUT2D eigenvalue weighted by Crippen LogP contribution is -2.27. The van der Waals surface area contributed by atoms with Crippen LogP contribution in [0, 0.1) is 0 Å². The average molecular weight is 459 g/mol. The second kappa shape index (κ2) is 8.50. The first-order chi connectivity index (χ1) is 15.3. The zero-order valence-electron chi connectivity index (χ0n) is 17.7. The molecule has 0 spiro atoms. The molecule has 32 heavy (non-hydrogen) atoms. The molecular formula is C21H21N3O7S. The fraction of sp³-hybridized carbons (Fsp3) is 0.286. The molecule has 11 heteroatoms. The van der Waals surface area contributed by atoms with Crippen LogP contribution in [0.4, 0.5) is 5.69 Å². The average Bonchev–Trinajstić information content (AvgIpc) is 3.43. The molecule has 1 aliphatic rings. The normalized spacial score (nSPS) is 13.0. The van der Waals surface area contributed by atoms with E-state index in [0.29, 0.717) is 41.3 Å². The maximum Gasteiger partial charge on any atom is 0.338 e. The van der Waals surface area contributed by atoms with E-state index in [1.165, 1.54) is 17.5 Å². The number of carbonyl (C=O) groups is 1. The highest BCUT2D eigenvalue weighted by atomic mass is 32.2. The molecule has 0 saturated heterocycles. The van der Waals surface area contributed by atoms with Crippen LogP contribution in [-0.4, -0.2) is 51.5 Å². The van der Waals surface area contributed by atoms with Gasteiger partial charge in [0.25, 0.3) is 5.89 Å². The number of ether oxygens (including phenoxy) is 3. The SMILES string of the molecule is COc1ccc(-c2noc(COC(=O)c3ccc4c(c3)CCN4S(C)(=O)=O)n2)c(OC)c1. The molecule has 10 nitrogen and oxygen atoms in total. The highest BCUT2D eigenvalue weighted by Crippen LogP contribution is 2.32. The van der Waals surface area contributed by atoms with Crippen LogP contribution in [0.25, 0.3) is 11.4 Å². The van der Waals surface area contributed by atoms with Gasteiger partial charge in [0.15, 0.2) is 6.61 Å². The van der Waals surface area contributed by atoms with Gasteiger partial charge in [0.05, 0.1) is 37.3 Å². The van der Waals surface area contributed by atoms with Gasteiger partial charge >= 0.3 is 5.97 Å². The first kappa shape index (κ1) is 21.6. The number of hydrogen-bond acceptors (Lipinski definition) is 9. The van der Waals surface area contributed by atoms with Crippen molar-refractivity contribution in [3.8, 4) is 22.9 Å². The van der Waals surface area contributed by atoms with Crippen LogP contribution in [0.3, 0.4) is 0 Å².